The number of nitrogens with one attached hydrogen (secondary N) is 2. The first kappa shape index (κ1) is 31.4. The third-order valence-electron chi connectivity index (χ3n) is 5.88. The van der Waals surface area contributed by atoms with Crippen molar-refractivity contribution >= 4 is 72.6 Å². The monoisotopic (exact) mass is 640 g/mol. The molecule has 0 aliphatic carbocycles. The number of hydrogen-bond acceptors (Lipinski definition) is 9. The van der Waals surface area contributed by atoms with Gasteiger partial charge in [-0.1, -0.05) is 3.71 Å². The van der Waals surface area contributed by atoms with Gasteiger partial charge in [-0.25, -0.2) is 4.79 Å². The second kappa shape index (κ2) is 12.4. The fourth-order valence-corrected chi connectivity index (χ4v) is 5.34. The molecule has 0 saturated carbocycles. The predicted molar refractivity (Wildman–Crippen MR) is 163 cm³/mol. The summed E-state index contributed by atoms with van der Waals surface area (Å²) in [7, 11) is -11.7. The Morgan fingerprint density at radius 3 is 1.16 bits per heavy atom. The van der Waals surface area contributed by atoms with Gasteiger partial charge in [0.2, 0.25) is 0 Å². The van der Waals surface area contributed by atoms with E-state index in [1.807, 2.05) is 0 Å². The van der Waals surface area contributed by atoms with E-state index < -0.39 is 42.2 Å². The zero-order valence-electron chi connectivity index (χ0n) is 22.4. The summed E-state index contributed by atoms with van der Waals surface area (Å²) in [5.74, 6) is -0.988. The highest BCUT2D eigenvalue weighted by Crippen LogP contribution is 2.31. The van der Waals surface area contributed by atoms with E-state index in [0.717, 1.165) is 0 Å². The van der Waals surface area contributed by atoms with Crippen LogP contribution in [-0.4, -0.2) is 47.5 Å². The number of carbonyl (C=O) groups excluding carboxylic acids is 3. The Balaban J connectivity index is 1.66. The lowest BCUT2D eigenvalue weighted by atomic mass is 10.1. The molecule has 4 aromatic carbocycles. The van der Waals surface area contributed by atoms with Gasteiger partial charge in [-0.2, -0.15) is 16.8 Å². The maximum absolute atomic E-state index is 13.3. The van der Waals surface area contributed by atoms with Gasteiger partial charge in [0.05, 0.1) is 11.4 Å². The molecule has 0 unspecified atom stereocenters. The Labute approximate surface area is 251 Å². The van der Waals surface area contributed by atoms with Crippen LogP contribution in [0, 0.1) is 0 Å². The first-order valence-electron chi connectivity index (χ1n) is 12.3. The number of anilines is 6. The number of nitrogen functional groups attached to an aromatic ring is 2. The first-order chi connectivity index (χ1) is 20.6. The van der Waals surface area contributed by atoms with Gasteiger partial charge in [-0.05, 0) is 97.1 Å². The molecule has 0 heterocycles. The van der Waals surface area contributed by atoms with Crippen LogP contribution < -0.4 is 27.0 Å². The molecule has 0 aliphatic heterocycles. The van der Waals surface area contributed by atoms with Crippen molar-refractivity contribution in [3.05, 3.63) is 108 Å². The Bertz CT molecular complexity index is 1780. The lowest BCUT2D eigenvalue weighted by Crippen LogP contribution is -2.47. The van der Waals surface area contributed by atoms with Crippen molar-refractivity contribution in [2.24, 2.45) is 0 Å². The van der Waals surface area contributed by atoms with Crippen LogP contribution in [0.15, 0.2) is 97.1 Å². The third kappa shape index (κ3) is 7.47. The molecular formula is C27H24N6O9S2. The van der Waals surface area contributed by atoms with Crippen molar-refractivity contribution < 1.29 is 40.3 Å². The molecular weight excluding hydrogens is 616 g/mol. The fourth-order valence-electron chi connectivity index (χ4n) is 3.83. The normalized spacial score (nSPS) is 11.3. The van der Waals surface area contributed by atoms with Crippen LogP contribution in [0.3, 0.4) is 0 Å². The Morgan fingerprint density at radius 1 is 0.545 bits per heavy atom. The Morgan fingerprint density at radius 2 is 0.864 bits per heavy atom. The Kier molecular flexibility index (Phi) is 8.86. The second-order valence-electron chi connectivity index (χ2n) is 9.02. The predicted octanol–water partition coefficient (Wildman–Crippen LogP) is 3.52. The standard InChI is InChI=1S/C27H24N6O9S2/c28-19-5-1-17(2-6-19)25(34)30-21-9-13-23(14-10-21)32(27(36)33(43(37,38)39)44(40,41)42)24-15-11-22(12-16-24)31-26(35)18-3-7-20(29)8-4-18/h1-16H,28-29H2,(H,30,34)(H,31,35)(H,37,38,39)(H,40,41,42). The average molecular weight is 641 g/mol. The third-order valence-corrected chi connectivity index (χ3v) is 8.16. The molecule has 17 heteroatoms. The molecule has 8 N–H and O–H groups in total. The number of urea groups is 1. The van der Waals surface area contributed by atoms with E-state index in [2.05, 4.69) is 10.6 Å². The van der Waals surface area contributed by atoms with Gasteiger partial charge in [-0.3, -0.25) is 23.6 Å². The molecule has 228 valence electrons. The summed E-state index contributed by atoms with van der Waals surface area (Å²) >= 11 is 0. The summed E-state index contributed by atoms with van der Waals surface area (Å²) in [6, 6.07) is 20.5. The number of hydrogen-bond donors (Lipinski definition) is 6. The molecule has 0 fully saturated rings. The topological polar surface area (TPSA) is 243 Å². The van der Waals surface area contributed by atoms with Gasteiger partial charge in [0.1, 0.15) is 0 Å². The van der Waals surface area contributed by atoms with Crippen LogP contribution in [0.2, 0.25) is 0 Å². The number of amides is 4. The smallest absolute Gasteiger partial charge is 0.379 e. The molecule has 4 amide bonds. The maximum Gasteiger partial charge on any atom is 0.379 e. The molecule has 0 aromatic heterocycles. The van der Waals surface area contributed by atoms with Crippen LogP contribution in [0.4, 0.5) is 38.9 Å². The first-order valence-corrected chi connectivity index (χ1v) is 15.1. The summed E-state index contributed by atoms with van der Waals surface area (Å²) in [6.45, 7) is 0. The van der Waals surface area contributed by atoms with Crippen molar-refractivity contribution in [3.63, 3.8) is 0 Å². The summed E-state index contributed by atoms with van der Waals surface area (Å²) in [5.41, 5.74) is 13.0. The highest BCUT2D eigenvalue weighted by Gasteiger charge is 2.41. The lowest BCUT2D eigenvalue weighted by molar-refractivity contribution is 0.101. The van der Waals surface area contributed by atoms with E-state index in [1.165, 1.54) is 97.1 Å². The van der Waals surface area contributed by atoms with Gasteiger partial charge in [-0.15, -0.1) is 0 Å². The van der Waals surface area contributed by atoms with Gasteiger partial charge in [0.25, 0.3) is 11.8 Å². The van der Waals surface area contributed by atoms with E-state index in [-0.39, 0.29) is 22.7 Å². The second-order valence-corrected chi connectivity index (χ2v) is 11.8. The molecule has 4 aromatic rings. The van der Waals surface area contributed by atoms with Crippen molar-refractivity contribution in [3.8, 4) is 0 Å². The fraction of sp³-hybridized carbons (Fsp3) is 0. The number of rotatable bonds is 8. The van der Waals surface area contributed by atoms with E-state index in [0.29, 0.717) is 27.4 Å². The minimum Gasteiger partial charge on any atom is -0.399 e. The Hall–Kier alpha value is -5.49. The van der Waals surface area contributed by atoms with Gasteiger partial charge < -0.3 is 22.1 Å². The summed E-state index contributed by atoms with van der Waals surface area (Å²) in [6.07, 6.45) is 0. The lowest BCUT2D eigenvalue weighted by Gasteiger charge is -2.27. The van der Waals surface area contributed by atoms with Crippen LogP contribution in [0.1, 0.15) is 20.7 Å². The van der Waals surface area contributed by atoms with Crippen LogP contribution in [0.5, 0.6) is 0 Å². The van der Waals surface area contributed by atoms with E-state index in [4.69, 9.17) is 11.5 Å². The van der Waals surface area contributed by atoms with Gasteiger partial charge in [0, 0.05) is 33.9 Å². The molecule has 15 nitrogen and oxygen atoms in total. The van der Waals surface area contributed by atoms with Crippen molar-refractivity contribution in [1.82, 2.24) is 3.71 Å². The van der Waals surface area contributed by atoms with Crippen LogP contribution in [0.25, 0.3) is 0 Å². The van der Waals surface area contributed by atoms with Crippen molar-refractivity contribution in [1.29, 1.82) is 0 Å². The molecule has 0 saturated heterocycles. The summed E-state index contributed by atoms with van der Waals surface area (Å²) in [4.78, 5) is 39.0. The van der Waals surface area contributed by atoms with Crippen LogP contribution in [-0.2, 0) is 20.6 Å². The molecule has 44 heavy (non-hydrogen) atoms. The molecule has 0 spiro atoms. The van der Waals surface area contributed by atoms with Crippen molar-refractivity contribution in [2.75, 3.05) is 27.0 Å². The molecule has 0 aliphatic rings. The maximum atomic E-state index is 13.3. The van der Waals surface area contributed by atoms with Crippen LogP contribution >= 0.6 is 0 Å². The van der Waals surface area contributed by atoms with E-state index in [1.54, 1.807) is 0 Å². The highest BCUT2D eigenvalue weighted by atomic mass is 32.3. The molecule has 0 radical (unpaired) electrons. The molecule has 4 rings (SSSR count). The zero-order chi connectivity index (χ0) is 32.2. The number of carbonyl (C=O) groups is 3. The van der Waals surface area contributed by atoms with E-state index in [9.17, 15) is 40.3 Å². The summed E-state index contributed by atoms with van der Waals surface area (Å²) < 4.78 is 65.2. The number of nitrogens with zero attached hydrogens (tertiary/aromatic N) is 2. The highest BCUT2D eigenvalue weighted by molar-refractivity contribution is 7.99. The number of benzene rings is 4. The molecule has 0 bridgehead atoms. The SMILES string of the molecule is Nc1ccc(C(=O)Nc2ccc(N(C(=O)N(S(=O)(=O)O)S(=O)(=O)O)c3ccc(NC(=O)c4ccc(N)cc4)cc3)cc2)cc1. The minimum atomic E-state index is -5.83. The van der Waals surface area contributed by atoms with E-state index >= 15 is 0 Å². The average Bonchev–Trinajstić information content (AvgIpc) is 2.94. The number of nitrogens with two attached hydrogens (primary N) is 2. The minimum absolute atomic E-state index is 0.142. The van der Waals surface area contributed by atoms with Gasteiger partial charge in [0.15, 0.2) is 0 Å². The summed E-state index contributed by atoms with van der Waals surface area (Å²) in [5, 5.41) is 5.23. The quantitative estimate of drug-likeness (QED) is 0.120. The largest absolute Gasteiger partial charge is 0.399 e. The zero-order valence-corrected chi connectivity index (χ0v) is 24.0. The molecule has 0 atom stereocenters. The van der Waals surface area contributed by atoms with Crippen molar-refractivity contribution in [2.45, 2.75) is 0 Å². The van der Waals surface area contributed by atoms with Gasteiger partial charge >= 0.3 is 26.6 Å².